The van der Waals surface area contributed by atoms with E-state index in [2.05, 4.69) is 5.32 Å². The first kappa shape index (κ1) is 37.6. The van der Waals surface area contributed by atoms with Crippen molar-refractivity contribution in [2.75, 3.05) is 33.9 Å². The largest absolute Gasteiger partial charge is 0.493 e. The highest BCUT2D eigenvalue weighted by atomic mass is 35.5. The zero-order valence-electron chi connectivity index (χ0n) is 27.9. The third-order valence-electron chi connectivity index (χ3n) is 8.66. The lowest BCUT2D eigenvalue weighted by Crippen LogP contribution is -2.51. The summed E-state index contributed by atoms with van der Waals surface area (Å²) in [6.07, 6.45) is -0.919. The molecule has 1 aliphatic heterocycles. The molecule has 0 aromatic heterocycles. The monoisotopic (exact) mass is 751 g/mol. The number of hydrogen-bond donors (Lipinski definition) is 2. The molecule has 2 N–H and O–H groups in total. The molecular weight excluding hydrogens is 717 g/mol. The number of methoxy groups -OCH3 is 2. The lowest BCUT2D eigenvalue weighted by molar-refractivity contribution is -0.133. The maximum absolute atomic E-state index is 13.9. The maximum atomic E-state index is 13.9. The number of ether oxygens (including phenoxy) is 2. The number of hydrogen-bond acceptors (Lipinski definition) is 7. The Bertz CT molecular complexity index is 1890. The highest BCUT2D eigenvalue weighted by molar-refractivity contribution is 6.36. The number of carbonyl (C=O) groups is 4. The normalized spacial score (nSPS) is 13.4. The number of carbonyl (C=O) groups excluding carboxylic acids is 4. The Morgan fingerprint density at radius 1 is 0.882 bits per heavy atom. The summed E-state index contributed by atoms with van der Waals surface area (Å²) in [5, 5.41) is 15.6. The molecule has 51 heavy (non-hydrogen) atoms. The molecule has 0 fully saturated rings. The fraction of sp³-hybridized carbons (Fsp3) is 0.263. The van der Waals surface area contributed by atoms with Crippen molar-refractivity contribution >= 4 is 58.4 Å². The zero-order valence-corrected chi connectivity index (χ0v) is 30.2. The number of nitrogens with zero attached hydrogens (tertiary/aromatic N) is 2. The Hall–Kier alpha value is -4.61. The lowest BCUT2D eigenvalue weighted by atomic mass is 9.99. The van der Waals surface area contributed by atoms with E-state index >= 15 is 0 Å². The van der Waals surface area contributed by atoms with Crippen LogP contribution in [0.3, 0.4) is 0 Å². The van der Waals surface area contributed by atoms with Gasteiger partial charge >= 0.3 is 0 Å². The van der Waals surface area contributed by atoms with Gasteiger partial charge in [-0.1, -0.05) is 83.3 Å². The summed E-state index contributed by atoms with van der Waals surface area (Å²) in [6, 6.07) is 23.0. The number of nitrogens with one attached hydrogen (secondary N) is 1. The molecule has 1 heterocycles. The van der Waals surface area contributed by atoms with E-state index in [-0.39, 0.29) is 59.9 Å². The summed E-state index contributed by atoms with van der Waals surface area (Å²) in [7, 11) is 2.86. The van der Waals surface area contributed by atoms with Gasteiger partial charge in [0, 0.05) is 36.1 Å². The number of aliphatic hydroxyl groups is 1. The summed E-state index contributed by atoms with van der Waals surface area (Å²) in [5.74, 6) is -1.40. The number of fused-ring (bicyclic) bond motifs is 1. The van der Waals surface area contributed by atoms with Gasteiger partial charge in [0.05, 0.1) is 48.1 Å². The third-order valence-corrected chi connectivity index (χ3v) is 9.63. The van der Waals surface area contributed by atoms with Crippen LogP contribution in [0.1, 0.15) is 48.6 Å². The Kier molecular flexibility index (Phi) is 12.6. The molecule has 0 aliphatic carbocycles. The molecular formula is C38H36Cl3N3O7. The molecule has 13 heteroatoms. The van der Waals surface area contributed by atoms with Crippen LogP contribution in [0.25, 0.3) is 0 Å². The van der Waals surface area contributed by atoms with Crippen molar-refractivity contribution in [1.82, 2.24) is 15.1 Å². The molecule has 0 spiro atoms. The van der Waals surface area contributed by atoms with Gasteiger partial charge in [0.25, 0.3) is 17.7 Å². The Morgan fingerprint density at radius 3 is 2.18 bits per heavy atom. The summed E-state index contributed by atoms with van der Waals surface area (Å²) in [4.78, 5) is 56.0. The number of halogens is 3. The second-order valence-corrected chi connectivity index (χ2v) is 13.1. The van der Waals surface area contributed by atoms with E-state index in [0.29, 0.717) is 22.2 Å². The molecule has 2 atom stereocenters. The van der Waals surface area contributed by atoms with Crippen molar-refractivity contribution in [3.05, 3.63) is 128 Å². The first-order valence-electron chi connectivity index (χ1n) is 16.1. The summed E-state index contributed by atoms with van der Waals surface area (Å²) in [6.45, 7) is -0.210. The van der Waals surface area contributed by atoms with Gasteiger partial charge in [0.2, 0.25) is 5.91 Å². The Morgan fingerprint density at radius 2 is 1.55 bits per heavy atom. The first-order chi connectivity index (χ1) is 24.5. The molecule has 0 radical (unpaired) electrons. The van der Waals surface area contributed by atoms with Crippen molar-refractivity contribution in [3.8, 4) is 11.5 Å². The second-order valence-electron chi connectivity index (χ2n) is 11.9. The van der Waals surface area contributed by atoms with Crippen molar-refractivity contribution in [3.63, 3.8) is 0 Å². The molecule has 1 aliphatic rings. The Balaban J connectivity index is 1.38. The van der Waals surface area contributed by atoms with Gasteiger partial charge in [-0.25, -0.2) is 0 Å². The minimum atomic E-state index is -1.27. The van der Waals surface area contributed by atoms with Gasteiger partial charge < -0.3 is 24.8 Å². The molecule has 4 amide bonds. The van der Waals surface area contributed by atoms with E-state index < -0.39 is 35.8 Å². The van der Waals surface area contributed by atoms with Gasteiger partial charge in [0.15, 0.2) is 11.5 Å². The summed E-state index contributed by atoms with van der Waals surface area (Å²) in [5.41, 5.74) is 2.23. The predicted molar refractivity (Wildman–Crippen MR) is 195 cm³/mol. The van der Waals surface area contributed by atoms with E-state index in [9.17, 15) is 24.3 Å². The maximum Gasteiger partial charge on any atom is 0.261 e. The molecule has 5 rings (SSSR count). The minimum Gasteiger partial charge on any atom is -0.493 e. The van der Waals surface area contributed by atoms with Crippen LogP contribution in [0.15, 0.2) is 84.9 Å². The fourth-order valence-electron chi connectivity index (χ4n) is 5.92. The molecule has 0 bridgehead atoms. The number of benzene rings is 4. The topological polar surface area (TPSA) is 125 Å². The van der Waals surface area contributed by atoms with Crippen molar-refractivity contribution in [2.45, 2.75) is 31.4 Å². The highest BCUT2D eigenvalue weighted by Crippen LogP contribution is 2.37. The number of aliphatic hydroxyl groups excluding tert-OH is 1. The smallest absolute Gasteiger partial charge is 0.261 e. The van der Waals surface area contributed by atoms with Crippen molar-refractivity contribution in [2.24, 2.45) is 0 Å². The second kappa shape index (κ2) is 17.1. The number of imide groups is 1. The van der Waals surface area contributed by atoms with Gasteiger partial charge in [-0.2, -0.15) is 0 Å². The van der Waals surface area contributed by atoms with Crippen LogP contribution in [0.2, 0.25) is 15.1 Å². The van der Waals surface area contributed by atoms with Gasteiger partial charge in [-0.15, -0.1) is 0 Å². The van der Waals surface area contributed by atoms with Gasteiger partial charge in [0.1, 0.15) is 0 Å². The zero-order chi connectivity index (χ0) is 36.7. The van der Waals surface area contributed by atoms with Crippen molar-refractivity contribution in [1.29, 1.82) is 0 Å². The van der Waals surface area contributed by atoms with Gasteiger partial charge in [-0.05, 0) is 60.4 Å². The predicted octanol–water partition coefficient (Wildman–Crippen LogP) is 6.12. The van der Waals surface area contributed by atoms with E-state index in [0.717, 1.165) is 16.0 Å². The average Bonchev–Trinajstić information content (AvgIpc) is 3.37. The molecule has 266 valence electrons. The molecule has 0 unspecified atom stereocenters. The van der Waals surface area contributed by atoms with E-state index in [4.69, 9.17) is 44.3 Å². The molecule has 4 aromatic carbocycles. The molecule has 0 saturated carbocycles. The molecule has 0 saturated heterocycles. The van der Waals surface area contributed by atoms with Crippen molar-refractivity contribution < 1.29 is 33.8 Å². The van der Waals surface area contributed by atoms with E-state index in [1.807, 2.05) is 30.3 Å². The number of amides is 4. The van der Waals surface area contributed by atoms with Crippen LogP contribution < -0.4 is 14.8 Å². The summed E-state index contributed by atoms with van der Waals surface area (Å²) >= 11 is 19.1. The van der Waals surface area contributed by atoms with Crippen LogP contribution in [-0.4, -0.2) is 84.5 Å². The van der Waals surface area contributed by atoms with E-state index in [1.54, 1.807) is 48.5 Å². The highest BCUT2D eigenvalue weighted by Gasteiger charge is 2.36. The fourth-order valence-corrected chi connectivity index (χ4v) is 6.74. The Labute approximate surface area is 310 Å². The van der Waals surface area contributed by atoms with Crippen LogP contribution >= 0.6 is 34.8 Å². The van der Waals surface area contributed by atoms with Crippen LogP contribution in [-0.2, 0) is 17.6 Å². The van der Waals surface area contributed by atoms with Crippen LogP contribution in [0.4, 0.5) is 0 Å². The van der Waals surface area contributed by atoms with Crippen LogP contribution in [0, 0.1) is 0 Å². The molecule has 10 nitrogen and oxygen atoms in total. The van der Waals surface area contributed by atoms with Crippen LogP contribution in [0.5, 0.6) is 11.5 Å². The summed E-state index contributed by atoms with van der Waals surface area (Å²) < 4.78 is 10.7. The van der Waals surface area contributed by atoms with Gasteiger partial charge in [-0.3, -0.25) is 24.1 Å². The molecule has 4 aromatic rings. The third kappa shape index (κ3) is 8.83. The SMILES string of the molecule is COc1ccc(C(=O)N[C@@H](Cc2ccccc2)[C@@H](O)CN(CCc2ccc(Cl)cc2Cl)C(=O)CCN2C(=O)c3ccccc3C2=O)c(Cl)c1OC. The quantitative estimate of drug-likeness (QED) is 0.140. The standard InChI is InChI=1S/C38H36Cl3N3O7/c1-50-32-15-14-28(34(41)35(32)51-2)36(47)42-30(20-23-8-4-3-5-9-23)31(45)22-43(18-16-24-12-13-25(39)21-29(24)40)33(46)17-19-44-37(48)26-10-6-7-11-27(26)38(44)49/h3-15,21,30-31,45H,16-20,22H2,1-2H3,(H,42,47)/t30-,31-/m0/s1. The average molecular weight is 753 g/mol. The first-order valence-corrected chi connectivity index (χ1v) is 17.3. The lowest BCUT2D eigenvalue weighted by Gasteiger charge is -2.31. The number of rotatable bonds is 15. The minimum absolute atomic E-state index is 0.0344. The van der Waals surface area contributed by atoms with E-state index in [1.165, 1.54) is 25.2 Å².